The smallest absolute Gasteiger partial charge is 0.146 e. The molecular formula is C22H37NO6. The predicted molar refractivity (Wildman–Crippen MR) is 111 cm³/mol. The van der Waals surface area contributed by atoms with Gasteiger partial charge in [0.25, 0.3) is 0 Å². The zero-order valence-corrected chi connectivity index (χ0v) is 18.1. The molecule has 0 saturated carbocycles. The lowest BCUT2D eigenvalue weighted by molar-refractivity contribution is -0.0939. The lowest BCUT2D eigenvalue weighted by Crippen LogP contribution is -2.42. The van der Waals surface area contributed by atoms with Crippen LogP contribution in [-0.4, -0.2) is 84.4 Å². The second-order valence-corrected chi connectivity index (χ2v) is 7.20. The van der Waals surface area contributed by atoms with Crippen LogP contribution in [0.25, 0.3) is 0 Å². The summed E-state index contributed by atoms with van der Waals surface area (Å²) in [6.45, 7) is 6.38. The maximum atomic E-state index is 5.80. The molecule has 166 valence electrons. The van der Waals surface area contributed by atoms with Crippen molar-refractivity contribution in [2.45, 2.75) is 37.9 Å². The van der Waals surface area contributed by atoms with E-state index in [4.69, 9.17) is 28.4 Å². The minimum atomic E-state index is 0.282. The average molecular weight is 412 g/mol. The zero-order chi connectivity index (χ0) is 20.7. The second-order valence-electron chi connectivity index (χ2n) is 7.20. The number of nitrogens with zero attached hydrogens (tertiary/aromatic N) is 1. The van der Waals surface area contributed by atoms with Crippen LogP contribution in [-0.2, 0) is 28.4 Å². The Morgan fingerprint density at radius 2 is 1.31 bits per heavy atom. The SMILES string of the molecule is COCCOCOC[C@H]1CC[C@H](COCOCCOC)N1[C@@H](C)c1ccccc1. The van der Waals surface area contributed by atoms with Gasteiger partial charge in [0, 0.05) is 32.3 Å². The molecule has 1 aliphatic heterocycles. The monoisotopic (exact) mass is 411 g/mol. The Morgan fingerprint density at radius 1 is 0.793 bits per heavy atom. The van der Waals surface area contributed by atoms with Crippen molar-refractivity contribution in [3.8, 4) is 0 Å². The molecule has 0 radical (unpaired) electrons. The Morgan fingerprint density at radius 3 is 1.79 bits per heavy atom. The highest BCUT2D eigenvalue weighted by Crippen LogP contribution is 2.34. The molecule has 29 heavy (non-hydrogen) atoms. The van der Waals surface area contributed by atoms with Gasteiger partial charge in [-0.15, -0.1) is 0 Å². The van der Waals surface area contributed by atoms with Crippen molar-refractivity contribution < 1.29 is 28.4 Å². The van der Waals surface area contributed by atoms with Crippen LogP contribution < -0.4 is 0 Å². The molecule has 7 heteroatoms. The van der Waals surface area contributed by atoms with Crippen molar-refractivity contribution in [1.82, 2.24) is 4.90 Å². The van der Waals surface area contributed by atoms with E-state index in [9.17, 15) is 0 Å². The summed E-state index contributed by atoms with van der Waals surface area (Å²) in [5.74, 6) is 0. The molecule has 0 N–H and O–H groups in total. The molecule has 0 unspecified atom stereocenters. The van der Waals surface area contributed by atoms with Gasteiger partial charge in [-0.25, -0.2) is 0 Å². The number of hydrogen-bond acceptors (Lipinski definition) is 7. The molecule has 1 saturated heterocycles. The Balaban J connectivity index is 1.86. The van der Waals surface area contributed by atoms with Crippen LogP contribution in [0.3, 0.4) is 0 Å². The first kappa shape index (κ1) is 24.2. The molecule has 0 aliphatic carbocycles. The Hall–Kier alpha value is -1.06. The van der Waals surface area contributed by atoms with Crippen LogP contribution in [0.15, 0.2) is 30.3 Å². The molecule has 1 aromatic carbocycles. The van der Waals surface area contributed by atoms with Crippen LogP contribution in [0.5, 0.6) is 0 Å². The van der Waals surface area contributed by atoms with Gasteiger partial charge in [0.05, 0.1) is 39.6 Å². The molecule has 2 rings (SSSR count). The standard InChI is InChI=1S/C22H37NO6/c1-19(20-7-5-4-6-8-20)23-21(15-28-17-26-13-11-24-2)9-10-22(23)16-29-18-27-14-12-25-3/h4-8,19,21-22H,9-18H2,1-3H3/t19-,21+,22+/m0/s1. The van der Waals surface area contributed by atoms with Crippen molar-refractivity contribution in [2.24, 2.45) is 0 Å². The molecule has 0 amide bonds. The van der Waals surface area contributed by atoms with Gasteiger partial charge in [-0.3, -0.25) is 4.90 Å². The van der Waals surface area contributed by atoms with Crippen LogP contribution in [0.1, 0.15) is 31.4 Å². The Bertz CT molecular complexity index is 493. The first-order chi connectivity index (χ1) is 14.3. The van der Waals surface area contributed by atoms with E-state index in [0.717, 1.165) is 12.8 Å². The Kier molecular flexibility index (Phi) is 12.4. The summed E-state index contributed by atoms with van der Waals surface area (Å²) in [5.41, 5.74) is 1.30. The molecule has 1 fully saturated rings. The van der Waals surface area contributed by atoms with Gasteiger partial charge >= 0.3 is 0 Å². The maximum absolute atomic E-state index is 5.80. The van der Waals surface area contributed by atoms with Gasteiger partial charge in [-0.05, 0) is 25.3 Å². The third-order valence-corrected chi connectivity index (χ3v) is 5.22. The number of methoxy groups -OCH3 is 2. The molecule has 1 heterocycles. The van der Waals surface area contributed by atoms with Gasteiger partial charge in [-0.2, -0.15) is 0 Å². The highest BCUT2D eigenvalue weighted by Gasteiger charge is 2.37. The van der Waals surface area contributed by atoms with E-state index in [1.54, 1.807) is 14.2 Å². The van der Waals surface area contributed by atoms with E-state index in [1.165, 1.54) is 5.56 Å². The highest BCUT2D eigenvalue weighted by molar-refractivity contribution is 5.19. The molecule has 0 aromatic heterocycles. The highest BCUT2D eigenvalue weighted by atomic mass is 16.7. The van der Waals surface area contributed by atoms with E-state index in [1.807, 2.05) is 0 Å². The summed E-state index contributed by atoms with van der Waals surface area (Å²) in [5, 5.41) is 0. The van der Waals surface area contributed by atoms with Crippen LogP contribution in [0.2, 0.25) is 0 Å². The van der Waals surface area contributed by atoms with Crippen LogP contribution in [0, 0.1) is 0 Å². The molecule has 1 aliphatic rings. The summed E-state index contributed by atoms with van der Waals surface area (Å²) in [4.78, 5) is 2.53. The number of likely N-dealkylation sites (tertiary alicyclic amines) is 1. The first-order valence-electron chi connectivity index (χ1n) is 10.4. The van der Waals surface area contributed by atoms with E-state index < -0.39 is 0 Å². The number of benzene rings is 1. The fourth-order valence-corrected chi connectivity index (χ4v) is 3.74. The lowest BCUT2D eigenvalue weighted by atomic mass is 10.1. The number of rotatable bonds is 16. The van der Waals surface area contributed by atoms with Crippen molar-refractivity contribution in [3.63, 3.8) is 0 Å². The van der Waals surface area contributed by atoms with Crippen LogP contribution >= 0.6 is 0 Å². The molecule has 7 nitrogen and oxygen atoms in total. The van der Waals surface area contributed by atoms with E-state index in [0.29, 0.717) is 65.3 Å². The summed E-state index contributed by atoms with van der Waals surface area (Å²) in [6, 6.07) is 11.5. The van der Waals surface area contributed by atoms with E-state index in [-0.39, 0.29) is 6.04 Å². The number of ether oxygens (including phenoxy) is 6. The zero-order valence-electron chi connectivity index (χ0n) is 18.1. The molecule has 1 aromatic rings. The molecule has 0 spiro atoms. The minimum Gasteiger partial charge on any atom is -0.382 e. The average Bonchev–Trinajstić information content (AvgIpc) is 3.15. The number of hydrogen-bond donors (Lipinski definition) is 0. The van der Waals surface area contributed by atoms with Crippen molar-refractivity contribution in [1.29, 1.82) is 0 Å². The van der Waals surface area contributed by atoms with Gasteiger partial charge in [0.1, 0.15) is 13.6 Å². The fourth-order valence-electron chi connectivity index (χ4n) is 3.74. The third kappa shape index (κ3) is 8.68. The van der Waals surface area contributed by atoms with Gasteiger partial charge in [-0.1, -0.05) is 30.3 Å². The quantitative estimate of drug-likeness (QED) is 0.306. The van der Waals surface area contributed by atoms with Gasteiger partial charge in [0.15, 0.2) is 0 Å². The van der Waals surface area contributed by atoms with Gasteiger partial charge in [0.2, 0.25) is 0 Å². The Labute approximate surface area is 175 Å². The summed E-state index contributed by atoms with van der Waals surface area (Å²) in [6.07, 6.45) is 2.15. The largest absolute Gasteiger partial charge is 0.382 e. The fraction of sp³-hybridized carbons (Fsp3) is 0.727. The van der Waals surface area contributed by atoms with Gasteiger partial charge < -0.3 is 28.4 Å². The van der Waals surface area contributed by atoms with Crippen molar-refractivity contribution in [2.75, 3.05) is 67.4 Å². The van der Waals surface area contributed by atoms with Crippen molar-refractivity contribution in [3.05, 3.63) is 35.9 Å². The third-order valence-electron chi connectivity index (χ3n) is 5.22. The molecular weight excluding hydrogens is 374 g/mol. The molecule has 3 atom stereocenters. The maximum Gasteiger partial charge on any atom is 0.146 e. The minimum absolute atomic E-state index is 0.282. The summed E-state index contributed by atoms with van der Waals surface area (Å²) < 4.78 is 32.4. The second kappa shape index (κ2) is 14.8. The molecule has 0 bridgehead atoms. The summed E-state index contributed by atoms with van der Waals surface area (Å²) >= 11 is 0. The van der Waals surface area contributed by atoms with E-state index >= 15 is 0 Å². The first-order valence-corrected chi connectivity index (χ1v) is 10.4. The van der Waals surface area contributed by atoms with Crippen molar-refractivity contribution >= 4 is 0 Å². The van der Waals surface area contributed by atoms with E-state index in [2.05, 4.69) is 42.2 Å². The predicted octanol–water partition coefficient (Wildman–Crippen LogP) is 2.85. The van der Waals surface area contributed by atoms with Crippen LogP contribution in [0.4, 0.5) is 0 Å². The lowest BCUT2D eigenvalue weighted by Gasteiger charge is -2.35. The topological polar surface area (TPSA) is 58.6 Å². The normalized spacial score (nSPS) is 20.9. The summed E-state index contributed by atoms with van der Waals surface area (Å²) in [7, 11) is 3.33.